The molecule has 0 atom stereocenters. The lowest BCUT2D eigenvalue weighted by atomic mass is 9.95. The average molecular weight is 442 g/mol. The average Bonchev–Trinajstić information content (AvgIpc) is 3.08. The molecule has 1 aliphatic carbocycles. The van der Waals surface area contributed by atoms with Crippen LogP contribution in [0.15, 0.2) is 36.4 Å². The van der Waals surface area contributed by atoms with E-state index in [1.165, 1.54) is 12.1 Å². The summed E-state index contributed by atoms with van der Waals surface area (Å²) in [6.45, 7) is 3.70. The molecule has 3 rings (SSSR count). The fraction of sp³-hybridized carbons (Fsp3) is 0.381. The fourth-order valence-corrected chi connectivity index (χ4v) is 4.77. The Labute approximate surface area is 172 Å². The zero-order valence-corrected chi connectivity index (χ0v) is 17.5. The molecule has 0 fully saturated rings. The number of carbonyl (C=O) groups excluding carboxylic acids is 1. The summed E-state index contributed by atoms with van der Waals surface area (Å²) in [4.78, 5) is 12.5. The van der Waals surface area contributed by atoms with Crippen LogP contribution in [-0.2, 0) is 26.2 Å². The van der Waals surface area contributed by atoms with E-state index in [1.807, 2.05) is 0 Å². The maximum Gasteiger partial charge on any atom is 0.416 e. The van der Waals surface area contributed by atoms with Gasteiger partial charge >= 0.3 is 13.8 Å². The van der Waals surface area contributed by atoms with E-state index in [0.717, 1.165) is 12.1 Å². The first-order valence-electron chi connectivity index (χ1n) is 9.56. The normalized spacial score (nSPS) is 14.1. The monoisotopic (exact) mass is 442 g/mol. The molecule has 162 valence electrons. The van der Waals surface area contributed by atoms with Crippen molar-refractivity contribution in [1.29, 1.82) is 0 Å². The first-order valence-corrected chi connectivity index (χ1v) is 11.3. The number of hydrogen-bond acceptors (Lipinski definition) is 5. The third-order valence-electron chi connectivity index (χ3n) is 4.69. The van der Waals surface area contributed by atoms with Gasteiger partial charge in [-0.05, 0) is 55.2 Å². The minimum absolute atomic E-state index is 0.170. The molecule has 0 heterocycles. The lowest BCUT2D eigenvalue weighted by Gasteiger charge is -2.19. The van der Waals surface area contributed by atoms with Crippen molar-refractivity contribution < 1.29 is 36.3 Å². The molecular weight excluding hydrogens is 420 g/mol. The molecule has 0 aliphatic heterocycles. The van der Waals surface area contributed by atoms with Crippen molar-refractivity contribution in [3.05, 3.63) is 53.1 Å². The second-order valence-corrected chi connectivity index (χ2v) is 8.68. The van der Waals surface area contributed by atoms with Crippen LogP contribution in [0.25, 0.3) is 11.1 Å². The zero-order valence-electron chi connectivity index (χ0n) is 16.6. The first kappa shape index (κ1) is 22.5. The number of halogens is 3. The van der Waals surface area contributed by atoms with Gasteiger partial charge in [0.05, 0.1) is 24.3 Å². The van der Waals surface area contributed by atoms with Gasteiger partial charge in [-0.15, -0.1) is 0 Å². The summed E-state index contributed by atoms with van der Waals surface area (Å²) < 4.78 is 67.9. The number of ether oxygens (including phenoxy) is 1. The molecule has 0 radical (unpaired) electrons. The summed E-state index contributed by atoms with van der Waals surface area (Å²) in [6.07, 6.45) is -4.20. The molecule has 0 saturated carbocycles. The van der Waals surface area contributed by atoms with Gasteiger partial charge in [-0.1, -0.05) is 18.2 Å². The van der Waals surface area contributed by atoms with Gasteiger partial charge in [0.15, 0.2) is 12.1 Å². The van der Waals surface area contributed by atoms with Crippen LogP contribution in [0.3, 0.4) is 0 Å². The molecular formula is C21H22F3O5P. The molecule has 0 aromatic heterocycles. The highest BCUT2D eigenvalue weighted by molar-refractivity contribution is 7.53. The molecule has 0 saturated heterocycles. The van der Waals surface area contributed by atoms with Crippen molar-refractivity contribution >= 4 is 13.4 Å². The van der Waals surface area contributed by atoms with E-state index in [0.29, 0.717) is 28.7 Å². The van der Waals surface area contributed by atoms with Crippen LogP contribution in [0.5, 0.6) is 5.75 Å². The summed E-state index contributed by atoms with van der Waals surface area (Å²) in [5.74, 6) is 0.0549. The number of carbonyl (C=O) groups is 1. The number of hydrogen-bond donors (Lipinski definition) is 0. The lowest BCUT2D eigenvalue weighted by molar-refractivity contribution is -0.137. The highest BCUT2D eigenvalue weighted by atomic mass is 31.2. The fourth-order valence-electron chi connectivity index (χ4n) is 3.46. The molecule has 1 aliphatic rings. The minimum Gasteiger partial charge on any atom is -0.480 e. The molecule has 30 heavy (non-hydrogen) atoms. The van der Waals surface area contributed by atoms with Crippen molar-refractivity contribution in [3.8, 4) is 16.9 Å². The SMILES string of the molecule is CCOP(=O)(COc1ccc(-c2cccc(C(F)(F)F)c2)c2c1C(=O)CC2)OCC. The van der Waals surface area contributed by atoms with Gasteiger partial charge < -0.3 is 13.8 Å². The Morgan fingerprint density at radius 1 is 1.03 bits per heavy atom. The van der Waals surface area contributed by atoms with Crippen LogP contribution in [0.1, 0.15) is 41.8 Å². The van der Waals surface area contributed by atoms with Crippen LogP contribution in [-0.4, -0.2) is 25.3 Å². The summed E-state index contributed by atoms with van der Waals surface area (Å²) in [7, 11) is -3.48. The van der Waals surface area contributed by atoms with E-state index >= 15 is 0 Å². The Balaban J connectivity index is 1.96. The maximum atomic E-state index is 13.1. The van der Waals surface area contributed by atoms with E-state index in [2.05, 4.69) is 0 Å². The predicted octanol–water partition coefficient (Wildman–Crippen LogP) is 6.10. The van der Waals surface area contributed by atoms with E-state index < -0.39 is 19.3 Å². The largest absolute Gasteiger partial charge is 0.480 e. The Bertz CT molecular complexity index is 977. The standard InChI is InChI=1S/C21H22F3O5P/c1-3-28-30(26,29-4-2)13-27-19-11-9-16(17-8-10-18(25)20(17)19)14-6-5-7-15(12-14)21(22,23)24/h5-7,9,11-12H,3-4,8,10,13H2,1-2H3. The van der Waals surface area contributed by atoms with Crippen molar-refractivity contribution in [2.75, 3.05) is 19.6 Å². The topological polar surface area (TPSA) is 61.8 Å². The number of rotatable bonds is 8. The van der Waals surface area contributed by atoms with Crippen LogP contribution in [0, 0.1) is 0 Å². The molecule has 5 nitrogen and oxygen atoms in total. The predicted molar refractivity (Wildman–Crippen MR) is 106 cm³/mol. The highest BCUT2D eigenvalue weighted by Gasteiger charge is 2.32. The molecule has 0 amide bonds. The number of ketones is 1. The maximum absolute atomic E-state index is 13.1. The van der Waals surface area contributed by atoms with Crippen molar-refractivity contribution in [2.24, 2.45) is 0 Å². The summed E-state index contributed by atoms with van der Waals surface area (Å²) in [5, 5.41) is 0. The summed E-state index contributed by atoms with van der Waals surface area (Å²) in [6, 6.07) is 8.12. The van der Waals surface area contributed by atoms with Crippen molar-refractivity contribution in [1.82, 2.24) is 0 Å². The molecule has 0 unspecified atom stereocenters. The van der Waals surface area contributed by atoms with Gasteiger partial charge in [0.1, 0.15) is 5.75 Å². The third kappa shape index (κ3) is 4.77. The Kier molecular flexibility index (Phi) is 6.70. The third-order valence-corrected chi connectivity index (χ3v) is 6.43. The molecule has 2 aromatic rings. The van der Waals surface area contributed by atoms with E-state index in [-0.39, 0.29) is 37.5 Å². The van der Waals surface area contributed by atoms with Gasteiger partial charge in [0.25, 0.3) is 0 Å². The molecule has 2 aromatic carbocycles. The highest BCUT2D eigenvalue weighted by Crippen LogP contribution is 2.49. The Morgan fingerprint density at radius 3 is 2.37 bits per heavy atom. The lowest BCUT2D eigenvalue weighted by Crippen LogP contribution is -2.08. The van der Waals surface area contributed by atoms with Gasteiger partial charge in [0, 0.05) is 6.42 Å². The quantitative estimate of drug-likeness (QED) is 0.462. The molecule has 0 N–H and O–H groups in total. The number of Topliss-reactive ketones (excluding diaryl/α,β-unsaturated/α-hetero) is 1. The smallest absolute Gasteiger partial charge is 0.416 e. The first-order chi connectivity index (χ1) is 14.2. The van der Waals surface area contributed by atoms with Gasteiger partial charge in [0.2, 0.25) is 0 Å². The van der Waals surface area contributed by atoms with Gasteiger partial charge in [-0.3, -0.25) is 9.36 Å². The zero-order chi connectivity index (χ0) is 21.9. The second-order valence-electron chi connectivity index (χ2n) is 6.69. The molecule has 0 spiro atoms. The van der Waals surface area contributed by atoms with E-state index in [4.69, 9.17) is 13.8 Å². The van der Waals surface area contributed by atoms with Crippen LogP contribution in [0.4, 0.5) is 13.2 Å². The van der Waals surface area contributed by atoms with Crippen molar-refractivity contribution in [2.45, 2.75) is 32.9 Å². The van der Waals surface area contributed by atoms with Crippen LogP contribution in [0.2, 0.25) is 0 Å². The molecule has 0 bridgehead atoms. The van der Waals surface area contributed by atoms with E-state index in [9.17, 15) is 22.5 Å². The summed E-state index contributed by atoms with van der Waals surface area (Å²) >= 11 is 0. The number of alkyl halides is 3. The van der Waals surface area contributed by atoms with E-state index in [1.54, 1.807) is 26.0 Å². The van der Waals surface area contributed by atoms with Crippen LogP contribution < -0.4 is 4.74 Å². The summed E-state index contributed by atoms with van der Waals surface area (Å²) in [5.41, 5.74) is 1.10. The van der Waals surface area contributed by atoms with Gasteiger partial charge in [-0.2, -0.15) is 13.2 Å². The van der Waals surface area contributed by atoms with Crippen molar-refractivity contribution in [3.63, 3.8) is 0 Å². The van der Waals surface area contributed by atoms with Crippen LogP contribution >= 0.6 is 7.60 Å². The minimum atomic E-state index is -4.46. The number of benzene rings is 2. The Morgan fingerprint density at radius 2 is 1.73 bits per heavy atom. The number of fused-ring (bicyclic) bond motifs is 1. The van der Waals surface area contributed by atoms with Gasteiger partial charge in [-0.25, -0.2) is 0 Å². The molecule has 9 heteroatoms. The second kappa shape index (κ2) is 8.92. The Hall–Kier alpha value is -2.15.